The number of hydrogen-bond acceptors (Lipinski definition) is 5. The molecule has 6 nitrogen and oxygen atoms in total. The molecule has 0 radical (unpaired) electrons. The Balaban J connectivity index is 2.54. The summed E-state index contributed by atoms with van der Waals surface area (Å²) in [4.78, 5) is 39.3. The fourth-order valence-electron chi connectivity index (χ4n) is 1.70. The molecule has 0 bridgehead atoms. The predicted molar refractivity (Wildman–Crippen MR) is 62.1 cm³/mol. The number of hydroxylamine groups is 2. The van der Waals surface area contributed by atoms with Gasteiger partial charge in [0.15, 0.2) is 0 Å². The summed E-state index contributed by atoms with van der Waals surface area (Å²) < 4.78 is 5.20. The Kier molecular flexibility index (Phi) is 5.77. The third kappa shape index (κ3) is 3.80. The smallest absolute Gasteiger partial charge is 0.338 e. The van der Waals surface area contributed by atoms with Crippen LogP contribution in [0.4, 0.5) is 0 Å². The maximum atomic E-state index is 11.8. The van der Waals surface area contributed by atoms with Crippen molar-refractivity contribution in [1.82, 2.24) is 5.06 Å². The van der Waals surface area contributed by atoms with E-state index in [9.17, 15) is 14.4 Å². The minimum Gasteiger partial charge on any atom is -0.381 e. The van der Waals surface area contributed by atoms with E-state index in [4.69, 9.17) is 9.57 Å². The first-order valence-electron chi connectivity index (χ1n) is 6.25. The zero-order valence-electron chi connectivity index (χ0n) is 10.8. The lowest BCUT2D eigenvalue weighted by Crippen LogP contribution is -2.35. The van der Waals surface area contributed by atoms with E-state index in [0.717, 1.165) is 6.42 Å². The Labute approximate surface area is 106 Å². The number of amides is 2. The van der Waals surface area contributed by atoms with Crippen LogP contribution in [-0.2, 0) is 24.0 Å². The zero-order valence-corrected chi connectivity index (χ0v) is 10.8. The van der Waals surface area contributed by atoms with Crippen molar-refractivity contribution < 1.29 is 24.0 Å². The summed E-state index contributed by atoms with van der Waals surface area (Å²) in [5, 5.41) is 0.580. The highest BCUT2D eigenvalue weighted by atomic mass is 16.7. The van der Waals surface area contributed by atoms with Crippen molar-refractivity contribution in [2.45, 2.75) is 39.5 Å². The van der Waals surface area contributed by atoms with E-state index in [1.54, 1.807) is 0 Å². The summed E-state index contributed by atoms with van der Waals surface area (Å²) in [6, 6.07) is 0. The van der Waals surface area contributed by atoms with Crippen LogP contribution < -0.4 is 0 Å². The molecule has 1 fully saturated rings. The number of carbonyl (C=O) groups excluding carboxylic acids is 3. The van der Waals surface area contributed by atoms with Gasteiger partial charge in [-0.25, -0.2) is 4.79 Å². The third-order valence-electron chi connectivity index (χ3n) is 2.68. The van der Waals surface area contributed by atoms with E-state index in [0.29, 0.717) is 18.1 Å². The summed E-state index contributed by atoms with van der Waals surface area (Å²) in [7, 11) is 0. The number of carbonyl (C=O) groups is 3. The van der Waals surface area contributed by atoms with Gasteiger partial charge in [0.2, 0.25) is 0 Å². The van der Waals surface area contributed by atoms with Gasteiger partial charge in [-0.1, -0.05) is 13.3 Å². The molecule has 0 aromatic carbocycles. The fraction of sp³-hybridized carbons (Fsp3) is 0.750. The lowest BCUT2D eigenvalue weighted by Gasteiger charge is -2.18. The van der Waals surface area contributed by atoms with Crippen LogP contribution in [0.1, 0.15) is 39.5 Å². The molecule has 2 amide bonds. The van der Waals surface area contributed by atoms with Crippen molar-refractivity contribution in [3.05, 3.63) is 0 Å². The Bertz CT molecular complexity index is 312. The monoisotopic (exact) mass is 257 g/mol. The molecule has 1 saturated heterocycles. The van der Waals surface area contributed by atoms with Crippen molar-refractivity contribution in [1.29, 1.82) is 0 Å². The van der Waals surface area contributed by atoms with Crippen LogP contribution in [0.2, 0.25) is 0 Å². The molecule has 1 atom stereocenters. The highest BCUT2D eigenvalue weighted by molar-refractivity contribution is 6.01. The Morgan fingerprint density at radius 2 is 1.89 bits per heavy atom. The molecule has 0 aliphatic carbocycles. The molecule has 1 unspecified atom stereocenters. The van der Waals surface area contributed by atoms with Crippen molar-refractivity contribution in [2.75, 3.05) is 13.2 Å². The average molecular weight is 257 g/mol. The van der Waals surface area contributed by atoms with Crippen LogP contribution >= 0.6 is 0 Å². The molecular formula is C12H19NO5. The number of imide groups is 1. The SMILES string of the molecule is CCCC(COCC)C(=O)ON1C(=O)CCC1=O. The van der Waals surface area contributed by atoms with Crippen LogP contribution in [0.25, 0.3) is 0 Å². The van der Waals surface area contributed by atoms with Gasteiger partial charge in [-0.15, -0.1) is 5.06 Å². The van der Waals surface area contributed by atoms with Crippen molar-refractivity contribution >= 4 is 17.8 Å². The van der Waals surface area contributed by atoms with Gasteiger partial charge in [-0.05, 0) is 13.3 Å². The number of nitrogens with zero attached hydrogens (tertiary/aromatic N) is 1. The lowest BCUT2D eigenvalue weighted by molar-refractivity contribution is -0.202. The second kappa shape index (κ2) is 7.10. The topological polar surface area (TPSA) is 72.9 Å². The van der Waals surface area contributed by atoms with E-state index in [2.05, 4.69) is 0 Å². The maximum Gasteiger partial charge on any atom is 0.338 e. The highest BCUT2D eigenvalue weighted by Gasteiger charge is 2.34. The molecule has 0 aromatic heterocycles. The molecule has 18 heavy (non-hydrogen) atoms. The lowest BCUT2D eigenvalue weighted by atomic mass is 10.1. The molecule has 6 heteroatoms. The first-order chi connectivity index (χ1) is 8.60. The summed E-state index contributed by atoms with van der Waals surface area (Å²) in [5.74, 6) is -1.93. The molecule has 0 saturated carbocycles. The molecule has 1 rings (SSSR count). The van der Waals surface area contributed by atoms with Gasteiger partial charge < -0.3 is 9.57 Å². The molecule has 1 aliphatic heterocycles. The largest absolute Gasteiger partial charge is 0.381 e. The predicted octanol–water partition coefficient (Wildman–Crippen LogP) is 1.05. The van der Waals surface area contributed by atoms with Gasteiger partial charge in [0.1, 0.15) is 0 Å². The van der Waals surface area contributed by atoms with Gasteiger partial charge in [-0.2, -0.15) is 0 Å². The standard InChI is InChI=1S/C12H19NO5/c1-3-5-9(8-17-4-2)12(16)18-13-10(14)6-7-11(13)15/h9H,3-8H2,1-2H3. The summed E-state index contributed by atoms with van der Waals surface area (Å²) in [5.41, 5.74) is 0. The van der Waals surface area contributed by atoms with Crippen LogP contribution in [0, 0.1) is 5.92 Å². The highest BCUT2D eigenvalue weighted by Crippen LogP contribution is 2.16. The van der Waals surface area contributed by atoms with Crippen molar-refractivity contribution in [3.63, 3.8) is 0 Å². The second-order valence-electron chi connectivity index (χ2n) is 4.14. The first kappa shape index (κ1) is 14.6. The van der Waals surface area contributed by atoms with Crippen molar-refractivity contribution in [3.8, 4) is 0 Å². The molecule has 0 spiro atoms. The summed E-state index contributed by atoms with van der Waals surface area (Å²) in [6.45, 7) is 4.54. The molecule has 0 aromatic rings. The molecule has 0 N–H and O–H groups in total. The van der Waals surface area contributed by atoms with Gasteiger partial charge in [-0.3, -0.25) is 9.59 Å². The summed E-state index contributed by atoms with van der Waals surface area (Å²) in [6.07, 6.45) is 1.62. The fourth-order valence-corrected chi connectivity index (χ4v) is 1.70. The Morgan fingerprint density at radius 3 is 2.39 bits per heavy atom. The van der Waals surface area contributed by atoms with E-state index in [-0.39, 0.29) is 19.4 Å². The van der Waals surface area contributed by atoms with E-state index in [1.165, 1.54) is 0 Å². The number of rotatable bonds is 7. The molecule has 102 valence electrons. The van der Waals surface area contributed by atoms with Crippen LogP contribution in [0.15, 0.2) is 0 Å². The van der Waals surface area contributed by atoms with E-state index < -0.39 is 23.7 Å². The van der Waals surface area contributed by atoms with Crippen molar-refractivity contribution in [2.24, 2.45) is 5.92 Å². The molecular weight excluding hydrogens is 238 g/mol. The number of ether oxygens (including phenoxy) is 1. The van der Waals surface area contributed by atoms with Gasteiger partial charge in [0, 0.05) is 19.4 Å². The number of hydrogen-bond donors (Lipinski definition) is 0. The zero-order chi connectivity index (χ0) is 13.5. The van der Waals surface area contributed by atoms with Gasteiger partial charge in [0.25, 0.3) is 11.8 Å². The molecule has 1 heterocycles. The van der Waals surface area contributed by atoms with Crippen LogP contribution in [0.5, 0.6) is 0 Å². The first-order valence-corrected chi connectivity index (χ1v) is 6.25. The average Bonchev–Trinajstić information content (AvgIpc) is 2.66. The normalized spacial score (nSPS) is 17.1. The maximum absolute atomic E-state index is 11.8. The van der Waals surface area contributed by atoms with E-state index >= 15 is 0 Å². The third-order valence-corrected chi connectivity index (χ3v) is 2.68. The van der Waals surface area contributed by atoms with E-state index in [1.807, 2.05) is 13.8 Å². The minimum absolute atomic E-state index is 0.107. The van der Waals surface area contributed by atoms with Crippen LogP contribution in [0.3, 0.4) is 0 Å². The molecule has 1 aliphatic rings. The summed E-state index contributed by atoms with van der Waals surface area (Å²) >= 11 is 0. The quantitative estimate of drug-likeness (QED) is 0.637. The second-order valence-corrected chi connectivity index (χ2v) is 4.14. The van der Waals surface area contributed by atoms with Gasteiger partial charge in [0.05, 0.1) is 12.5 Å². The Hall–Kier alpha value is -1.43. The van der Waals surface area contributed by atoms with Crippen LogP contribution in [-0.4, -0.2) is 36.1 Å². The Morgan fingerprint density at radius 1 is 1.28 bits per heavy atom. The van der Waals surface area contributed by atoms with Gasteiger partial charge >= 0.3 is 5.97 Å². The minimum atomic E-state index is -0.575.